The predicted octanol–water partition coefficient (Wildman–Crippen LogP) is 2.27. The first-order valence-electron chi connectivity index (χ1n) is 6.17. The summed E-state index contributed by atoms with van der Waals surface area (Å²) in [6, 6.07) is 0. The van der Waals surface area contributed by atoms with Crippen LogP contribution in [-0.4, -0.2) is 35.3 Å². The van der Waals surface area contributed by atoms with Crippen LogP contribution < -0.4 is 5.32 Å². The van der Waals surface area contributed by atoms with Crippen molar-refractivity contribution in [2.24, 2.45) is 5.92 Å². The van der Waals surface area contributed by atoms with Crippen molar-refractivity contribution in [2.75, 3.05) is 24.6 Å². The molecular weight excluding hydrogens is 206 g/mol. The molecule has 0 bridgehead atoms. The number of thioether (sulfide) groups is 1. The van der Waals surface area contributed by atoms with Gasteiger partial charge in [-0.2, -0.15) is 11.8 Å². The van der Waals surface area contributed by atoms with Crippen molar-refractivity contribution < 1.29 is 5.11 Å². The first kappa shape index (κ1) is 13.3. The molecule has 0 saturated carbocycles. The fraction of sp³-hybridized carbons (Fsp3) is 1.00. The molecule has 2 nitrogen and oxygen atoms in total. The molecule has 1 aliphatic rings. The van der Waals surface area contributed by atoms with Crippen molar-refractivity contribution in [3.63, 3.8) is 0 Å². The highest BCUT2D eigenvalue weighted by molar-refractivity contribution is 7.99. The number of aliphatic hydroxyl groups is 1. The summed E-state index contributed by atoms with van der Waals surface area (Å²) in [5.41, 5.74) is -0.419. The third kappa shape index (κ3) is 5.23. The van der Waals surface area contributed by atoms with Gasteiger partial charge in [0.2, 0.25) is 0 Å². The Morgan fingerprint density at radius 2 is 2.07 bits per heavy atom. The smallest absolute Gasteiger partial charge is 0.0787 e. The summed E-state index contributed by atoms with van der Waals surface area (Å²) in [6.45, 7) is 6.32. The van der Waals surface area contributed by atoms with Crippen molar-refractivity contribution in [3.05, 3.63) is 0 Å². The molecule has 1 rings (SSSR count). The standard InChI is InChI=1S/C12H25NOS/c1-3-4-11(2)9-13-10-12(14)5-7-15-8-6-12/h11,13-14H,3-10H2,1-2H3. The number of hydrogen-bond donors (Lipinski definition) is 2. The quantitative estimate of drug-likeness (QED) is 0.735. The summed E-state index contributed by atoms with van der Waals surface area (Å²) in [4.78, 5) is 0. The Hall–Kier alpha value is 0.270. The van der Waals surface area contributed by atoms with Crippen LogP contribution in [-0.2, 0) is 0 Å². The average Bonchev–Trinajstić information content (AvgIpc) is 2.19. The van der Waals surface area contributed by atoms with Crippen molar-refractivity contribution in [1.82, 2.24) is 5.32 Å². The predicted molar refractivity (Wildman–Crippen MR) is 68.5 cm³/mol. The molecule has 0 spiro atoms. The summed E-state index contributed by atoms with van der Waals surface area (Å²) < 4.78 is 0. The van der Waals surface area contributed by atoms with Gasteiger partial charge in [0.25, 0.3) is 0 Å². The SMILES string of the molecule is CCCC(C)CNCC1(O)CCSCC1. The van der Waals surface area contributed by atoms with Gasteiger partial charge in [-0.3, -0.25) is 0 Å². The van der Waals surface area contributed by atoms with E-state index < -0.39 is 5.60 Å². The minimum atomic E-state index is -0.419. The lowest BCUT2D eigenvalue weighted by Crippen LogP contribution is -2.44. The Labute approximate surface area is 98.2 Å². The second-order valence-electron chi connectivity index (χ2n) is 4.86. The van der Waals surface area contributed by atoms with Crippen LogP contribution in [0, 0.1) is 5.92 Å². The summed E-state index contributed by atoms with van der Waals surface area (Å²) in [6.07, 6.45) is 4.44. The zero-order valence-electron chi connectivity index (χ0n) is 10.1. The van der Waals surface area contributed by atoms with Crippen LogP contribution in [0.5, 0.6) is 0 Å². The molecule has 1 aliphatic heterocycles. The van der Waals surface area contributed by atoms with E-state index in [0.29, 0.717) is 0 Å². The molecule has 15 heavy (non-hydrogen) atoms. The Morgan fingerprint density at radius 1 is 1.40 bits per heavy atom. The van der Waals surface area contributed by atoms with Gasteiger partial charge in [-0.25, -0.2) is 0 Å². The third-order valence-electron chi connectivity index (χ3n) is 3.15. The monoisotopic (exact) mass is 231 g/mol. The largest absolute Gasteiger partial charge is 0.389 e. The maximum atomic E-state index is 10.2. The van der Waals surface area contributed by atoms with Gasteiger partial charge < -0.3 is 10.4 Å². The van der Waals surface area contributed by atoms with Crippen LogP contribution in [0.4, 0.5) is 0 Å². The fourth-order valence-electron chi connectivity index (χ4n) is 2.07. The topological polar surface area (TPSA) is 32.3 Å². The highest BCUT2D eigenvalue weighted by atomic mass is 32.2. The van der Waals surface area contributed by atoms with E-state index in [1.165, 1.54) is 12.8 Å². The normalized spacial score (nSPS) is 22.6. The molecule has 0 amide bonds. The molecule has 1 saturated heterocycles. The first-order valence-corrected chi connectivity index (χ1v) is 7.32. The van der Waals surface area contributed by atoms with E-state index in [9.17, 15) is 5.11 Å². The van der Waals surface area contributed by atoms with Gasteiger partial charge in [0.05, 0.1) is 5.60 Å². The lowest BCUT2D eigenvalue weighted by Gasteiger charge is -2.32. The van der Waals surface area contributed by atoms with Crippen LogP contribution in [0.25, 0.3) is 0 Å². The zero-order chi connectivity index (χ0) is 11.1. The molecule has 1 atom stereocenters. The van der Waals surface area contributed by atoms with Crippen LogP contribution >= 0.6 is 11.8 Å². The molecule has 1 unspecified atom stereocenters. The molecule has 0 aromatic rings. The summed E-state index contributed by atoms with van der Waals surface area (Å²) >= 11 is 1.96. The number of nitrogens with one attached hydrogen (secondary N) is 1. The molecular formula is C12H25NOS. The average molecular weight is 231 g/mol. The third-order valence-corrected chi connectivity index (χ3v) is 4.14. The molecule has 1 fully saturated rings. The highest BCUT2D eigenvalue weighted by Crippen LogP contribution is 2.26. The van der Waals surface area contributed by atoms with Gasteiger partial charge in [0.15, 0.2) is 0 Å². The van der Waals surface area contributed by atoms with Gasteiger partial charge >= 0.3 is 0 Å². The lowest BCUT2D eigenvalue weighted by molar-refractivity contribution is 0.0316. The van der Waals surface area contributed by atoms with Gasteiger partial charge in [-0.15, -0.1) is 0 Å². The lowest BCUT2D eigenvalue weighted by atomic mass is 9.96. The van der Waals surface area contributed by atoms with Crippen molar-refractivity contribution in [3.8, 4) is 0 Å². The van der Waals surface area contributed by atoms with E-state index in [0.717, 1.165) is 43.4 Å². The summed E-state index contributed by atoms with van der Waals surface area (Å²) in [5, 5.41) is 13.7. The second kappa shape index (κ2) is 6.77. The number of rotatable bonds is 6. The Morgan fingerprint density at radius 3 is 2.67 bits per heavy atom. The van der Waals surface area contributed by atoms with Crippen LogP contribution in [0.2, 0.25) is 0 Å². The van der Waals surface area contributed by atoms with E-state index in [1.54, 1.807) is 0 Å². The fourth-order valence-corrected chi connectivity index (χ4v) is 3.33. The van der Waals surface area contributed by atoms with E-state index >= 15 is 0 Å². The zero-order valence-corrected chi connectivity index (χ0v) is 10.9. The molecule has 0 aliphatic carbocycles. The minimum absolute atomic E-state index is 0.419. The molecule has 3 heteroatoms. The molecule has 1 heterocycles. The molecule has 90 valence electrons. The van der Waals surface area contributed by atoms with Crippen molar-refractivity contribution in [1.29, 1.82) is 0 Å². The summed E-state index contributed by atoms with van der Waals surface area (Å²) in [7, 11) is 0. The molecule has 0 radical (unpaired) electrons. The Balaban J connectivity index is 2.12. The Bertz CT molecular complexity index is 169. The minimum Gasteiger partial charge on any atom is -0.389 e. The van der Waals surface area contributed by atoms with Gasteiger partial charge in [0, 0.05) is 6.54 Å². The van der Waals surface area contributed by atoms with E-state index in [4.69, 9.17) is 0 Å². The van der Waals surface area contributed by atoms with Gasteiger partial charge in [-0.1, -0.05) is 20.3 Å². The van der Waals surface area contributed by atoms with Crippen LogP contribution in [0.3, 0.4) is 0 Å². The summed E-state index contributed by atoms with van der Waals surface area (Å²) in [5.74, 6) is 2.96. The van der Waals surface area contributed by atoms with E-state index in [-0.39, 0.29) is 0 Å². The maximum absolute atomic E-state index is 10.2. The molecule has 2 N–H and O–H groups in total. The van der Waals surface area contributed by atoms with Crippen molar-refractivity contribution >= 4 is 11.8 Å². The number of hydrogen-bond acceptors (Lipinski definition) is 3. The van der Waals surface area contributed by atoms with Gasteiger partial charge in [0.1, 0.15) is 0 Å². The molecule has 0 aromatic heterocycles. The van der Waals surface area contributed by atoms with E-state index in [2.05, 4.69) is 19.2 Å². The van der Waals surface area contributed by atoms with E-state index in [1.807, 2.05) is 11.8 Å². The van der Waals surface area contributed by atoms with Crippen molar-refractivity contribution in [2.45, 2.75) is 45.1 Å². The first-order chi connectivity index (χ1) is 7.16. The van der Waals surface area contributed by atoms with Gasteiger partial charge in [-0.05, 0) is 43.2 Å². The Kier molecular flexibility index (Phi) is 6.02. The molecule has 0 aromatic carbocycles. The highest BCUT2D eigenvalue weighted by Gasteiger charge is 2.28. The second-order valence-corrected chi connectivity index (χ2v) is 6.09. The van der Waals surface area contributed by atoms with Crippen LogP contribution in [0.15, 0.2) is 0 Å². The maximum Gasteiger partial charge on any atom is 0.0787 e. The van der Waals surface area contributed by atoms with Crippen LogP contribution in [0.1, 0.15) is 39.5 Å².